The van der Waals surface area contributed by atoms with E-state index in [0.29, 0.717) is 23.3 Å². The lowest BCUT2D eigenvalue weighted by molar-refractivity contribution is 0.221. The number of aryl methyl sites for hydroxylation is 1. The Morgan fingerprint density at radius 3 is 2.91 bits per heavy atom. The quantitative estimate of drug-likeness (QED) is 0.501. The second-order valence-corrected chi connectivity index (χ2v) is 9.07. The predicted molar refractivity (Wildman–Crippen MR) is 139 cm³/mol. The minimum atomic E-state index is -0.0685. The van der Waals surface area contributed by atoms with Crippen molar-refractivity contribution in [3.8, 4) is 5.75 Å². The molecular weight excluding hydrogens is 432 g/mol. The van der Waals surface area contributed by atoms with Gasteiger partial charge >= 0.3 is 0 Å². The fourth-order valence-corrected chi connectivity index (χ4v) is 4.84. The lowest BCUT2D eigenvalue weighted by Gasteiger charge is -2.32. The lowest BCUT2D eigenvalue weighted by atomic mass is 10.1. The summed E-state index contributed by atoms with van der Waals surface area (Å²) in [5, 5.41) is 4.99. The number of likely N-dealkylation sites (tertiary alicyclic amines) is 1. The molecule has 33 heavy (non-hydrogen) atoms. The summed E-state index contributed by atoms with van der Waals surface area (Å²) in [6, 6.07) is 16.2. The number of methoxy groups -OCH3 is 1. The molecule has 7 heteroatoms. The number of likely N-dealkylation sites (N-methyl/N-ethyl adjacent to an activating group) is 1. The van der Waals surface area contributed by atoms with Gasteiger partial charge in [0.05, 0.1) is 13.7 Å². The van der Waals surface area contributed by atoms with E-state index in [1.165, 1.54) is 6.42 Å². The Kier molecular flexibility index (Phi) is 7.30. The molecule has 0 saturated carbocycles. The average molecular weight is 465 g/mol. The molecule has 6 nitrogen and oxygen atoms in total. The molecule has 1 fully saturated rings. The number of hydrogen-bond acceptors (Lipinski definition) is 4. The molecule has 0 unspecified atom stereocenters. The van der Waals surface area contributed by atoms with Gasteiger partial charge in [0.1, 0.15) is 5.75 Å². The van der Waals surface area contributed by atoms with Gasteiger partial charge in [-0.1, -0.05) is 25.1 Å². The van der Waals surface area contributed by atoms with Crippen LogP contribution in [0.15, 0.2) is 53.3 Å². The minimum Gasteiger partial charge on any atom is -0.497 e. The molecule has 2 N–H and O–H groups in total. The molecule has 1 atom stereocenters. The number of hydrogen-bond donors (Lipinski definition) is 2. The number of anilines is 1. The zero-order valence-electron chi connectivity index (χ0n) is 19.6. The molecule has 1 aliphatic rings. The van der Waals surface area contributed by atoms with E-state index in [1.54, 1.807) is 7.11 Å². The van der Waals surface area contributed by atoms with Gasteiger partial charge < -0.3 is 19.9 Å². The first-order valence-electron chi connectivity index (χ1n) is 11.5. The zero-order chi connectivity index (χ0) is 23.4. The van der Waals surface area contributed by atoms with Crippen LogP contribution in [0.2, 0.25) is 0 Å². The van der Waals surface area contributed by atoms with Crippen LogP contribution >= 0.6 is 12.2 Å². The molecule has 4 rings (SSSR count). The maximum Gasteiger partial charge on any atom is 0.253 e. The predicted octanol–water partition coefficient (Wildman–Crippen LogP) is 4.53. The highest BCUT2D eigenvalue weighted by atomic mass is 32.1. The van der Waals surface area contributed by atoms with Crippen molar-refractivity contribution in [1.82, 2.24) is 14.8 Å². The van der Waals surface area contributed by atoms with Crippen LogP contribution in [0, 0.1) is 6.92 Å². The summed E-state index contributed by atoms with van der Waals surface area (Å²) in [6.07, 6.45) is 2.33. The molecular formula is C26H32N4O2S. The smallest absolute Gasteiger partial charge is 0.253 e. The molecule has 3 aromatic rings. The van der Waals surface area contributed by atoms with E-state index in [0.717, 1.165) is 54.0 Å². The maximum absolute atomic E-state index is 12.9. The van der Waals surface area contributed by atoms with Gasteiger partial charge in [0, 0.05) is 35.4 Å². The number of ether oxygens (including phenoxy) is 1. The van der Waals surface area contributed by atoms with E-state index in [-0.39, 0.29) is 5.56 Å². The Morgan fingerprint density at radius 1 is 1.27 bits per heavy atom. The molecule has 0 radical (unpaired) electrons. The number of nitrogens with one attached hydrogen (secondary N) is 2. The Labute approximate surface area is 200 Å². The third kappa shape index (κ3) is 5.54. The molecule has 174 valence electrons. The molecule has 2 heterocycles. The average Bonchev–Trinajstić information content (AvgIpc) is 3.26. The Hall–Kier alpha value is -2.90. The number of aromatic amines is 1. The highest BCUT2D eigenvalue weighted by molar-refractivity contribution is 7.80. The van der Waals surface area contributed by atoms with Gasteiger partial charge in [0.25, 0.3) is 5.56 Å². The first kappa shape index (κ1) is 23.3. The van der Waals surface area contributed by atoms with Crippen molar-refractivity contribution in [2.24, 2.45) is 0 Å². The van der Waals surface area contributed by atoms with Gasteiger partial charge in [-0.2, -0.15) is 0 Å². The first-order chi connectivity index (χ1) is 16.0. The third-order valence-corrected chi connectivity index (χ3v) is 6.74. The number of nitrogens with zero attached hydrogens (tertiary/aromatic N) is 2. The summed E-state index contributed by atoms with van der Waals surface area (Å²) < 4.78 is 5.34. The van der Waals surface area contributed by atoms with Gasteiger partial charge in [0.15, 0.2) is 5.11 Å². The second-order valence-electron chi connectivity index (χ2n) is 8.68. The number of rotatable bonds is 7. The Balaban J connectivity index is 1.61. The SMILES string of the molecule is CCN1CCC[C@H]1CN(Cc1cc2ccc(C)cc2[nH]c1=O)C(=S)Nc1cccc(OC)c1. The molecule has 0 spiro atoms. The van der Waals surface area contributed by atoms with E-state index in [1.807, 2.05) is 43.3 Å². The van der Waals surface area contributed by atoms with Crippen LogP contribution in [0.4, 0.5) is 5.69 Å². The van der Waals surface area contributed by atoms with E-state index in [4.69, 9.17) is 17.0 Å². The van der Waals surface area contributed by atoms with Crippen molar-refractivity contribution >= 4 is 33.9 Å². The molecule has 0 amide bonds. The Bertz CT molecular complexity index is 1190. The fraction of sp³-hybridized carbons (Fsp3) is 0.385. The first-order valence-corrected chi connectivity index (χ1v) is 11.9. The van der Waals surface area contributed by atoms with Crippen molar-refractivity contribution in [1.29, 1.82) is 0 Å². The zero-order valence-corrected chi connectivity index (χ0v) is 20.4. The molecule has 0 aliphatic carbocycles. The van der Waals surface area contributed by atoms with Crippen LogP contribution in [0.5, 0.6) is 5.75 Å². The molecule has 2 aromatic carbocycles. The van der Waals surface area contributed by atoms with Crippen LogP contribution in [0.1, 0.15) is 30.9 Å². The van der Waals surface area contributed by atoms with Crippen molar-refractivity contribution in [3.63, 3.8) is 0 Å². The second kappa shape index (κ2) is 10.4. The highest BCUT2D eigenvalue weighted by Gasteiger charge is 2.26. The van der Waals surface area contributed by atoms with Crippen LogP contribution in [-0.2, 0) is 6.54 Å². The van der Waals surface area contributed by atoms with E-state index in [9.17, 15) is 4.79 Å². The summed E-state index contributed by atoms with van der Waals surface area (Å²) in [5.41, 5.74) is 3.49. The number of aromatic nitrogens is 1. The number of pyridine rings is 1. The van der Waals surface area contributed by atoms with Gasteiger partial charge in [-0.05, 0) is 80.3 Å². The third-order valence-electron chi connectivity index (χ3n) is 6.38. The molecule has 0 bridgehead atoms. The van der Waals surface area contributed by atoms with Gasteiger partial charge in [-0.25, -0.2) is 0 Å². The summed E-state index contributed by atoms with van der Waals surface area (Å²) in [7, 11) is 1.65. The fourth-order valence-electron chi connectivity index (χ4n) is 4.58. The van der Waals surface area contributed by atoms with Crippen LogP contribution < -0.4 is 15.6 Å². The van der Waals surface area contributed by atoms with Crippen molar-refractivity contribution in [2.45, 2.75) is 39.3 Å². The van der Waals surface area contributed by atoms with Crippen LogP contribution in [-0.4, -0.2) is 52.7 Å². The highest BCUT2D eigenvalue weighted by Crippen LogP contribution is 2.22. The number of thiocarbonyl (C=S) groups is 1. The number of fused-ring (bicyclic) bond motifs is 1. The van der Waals surface area contributed by atoms with Gasteiger partial charge in [-0.3, -0.25) is 9.69 Å². The van der Waals surface area contributed by atoms with E-state index < -0.39 is 0 Å². The normalized spacial score (nSPS) is 16.2. The molecule has 1 aliphatic heterocycles. The van der Waals surface area contributed by atoms with Gasteiger partial charge in [-0.15, -0.1) is 0 Å². The largest absolute Gasteiger partial charge is 0.497 e. The summed E-state index contributed by atoms with van der Waals surface area (Å²) in [5.74, 6) is 0.767. The topological polar surface area (TPSA) is 60.6 Å². The van der Waals surface area contributed by atoms with Crippen molar-refractivity contribution in [2.75, 3.05) is 32.1 Å². The van der Waals surface area contributed by atoms with E-state index >= 15 is 0 Å². The van der Waals surface area contributed by atoms with Crippen molar-refractivity contribution in [3.05, 3.63) is 70.0 Å². The van der Waals surface area contributed by atoms with Crippen LogP contribution in [0.3, 0.4) is 0 Å². The monoisotopic (exact) mass is 464 g/mol. The Morgan fingerprint density at radius 2 is 2.12 bits per heavy atom. The molecule has 1 saturated heterocycles. The summed E-state index contributed by atoms with van der Waals surface area (Å²) in [4.78, 5) is 20.6. The summed E-state index contributed by atoms with van der Waals surface area (Å²) >= 11 is 5.85. The number of benzene rings is 2. The van der Waals surface area contributed by atoms with Gasteiger partial charge in [0.2, 0.25) is 0 Å². The van der Waals surface area contributed by atoms with Crippen molar-refractivity contribution < 1.29 is 4.74 Å². The summed E-state index contributed by atoms with van der Waals surface area (Å²) in [6.45, 7) is 7.58. The molecule has 1 aromatic heterocycles. The van der Waals surface area contributed by atoms with E-state index in [2.05, 4.69) is 39.2 Å². The number of H-pyrrole nitrogens is 1. The standard InChI is InChI=1S/C26H32N4O2S/c1-4-29-12-6-8-22(29)17-30(26(33)27-21-7-5-9-23(15-21)32-3)16-20-14-19-11-10-18(2)13-24(19)28-25(20)31/h5,7,9-11,13-15,22H,4,6,8,12,16-17H2,1-3H3,(H,27,33)(H,28,31)/t22-/m0/s1. The minimum absolute atomic E-state index is 0.0685. The maximum atomic E-state index is 12.9. The lowest BCUT2D eigenvalue weighted by Crippen LogP contribution is -2.44. The van der Waals surface area contributed by atoms with Crippen LogP contribution in [0.25, 0.3) is 10.9 Å².